The van der Waals surface area contributed by atoms with Gasteiger partial charge in [-0.1, -0.05) is 54.1 Å². The minimum absolute atomic E-state index is 0.818. The third-order valence-corrected chi connectivity index (χ3v) is 3.85. The first-order valence-electron chi connectivity index (χ1n) is 5.93. The molecule has 2 heteroatoms. The van der Waals surface area contributed by atoms with Gasteiger partial charge >= 0.3 is 0 Å². The molecule has 0 radical (unpaired) electrons. The van der Waals surface area contributed by atoms with E-state index in [9.17, 15) is 4.21 Å². The van der Waals surface area contributed by atoms with Gasteiger partial charge in [-0.05, 0) is 31.0 Å². The maximum absolute atomic E-state index is 12.0. The van der Waals surface area contributed by atoms with Crippen LogP contribution in [0.25, 0.3) is 0 Å². The van der Waals surface area contributed by atoms with Crippen LogP contribution in [-0.4, -0.2) is 4.21 Å². The summed E-state index contributed by atoms with van der Waals surface area (Å²) in [5.74, 6) is 0. The molecule has 0 aliphatic carbocycles. The van der Waals surface area contributed by atoms with Crippen molar-refractivity contribution in [1.29, 1.82) is 0 Å². The summed E-state index contributed by atoms with van der Waals surface area (Å²) in [5, 5.41) is 1.76. The Balaban J connectivity index is 1.97. The standard InChI is InChI=1S/C16H16OS/c1-14-9-11-16(12-10-14)18(17)13-5-8-15-6-3-2-4-7-15/h2-7,9-13H,8H2,1H3/b13-5+. The smallest absolute Gasteiger partial charge is 0.0772 e. The Morgan fingerprint density at radius 2 is 1.67 bits per heavy atom. The number of hydrogen-bond acceptors (Lipinski definition) is 1. The zero-order valence-electron chi connectivity index (χ0n) is 10.4. The number of allylic oxidation sites excluding steroid dienone is 1. The third kappa shape index (κ3) is 3.67. The average molecular weight is 256 g/mol. The highest BCUT2D eigenvalue weighted by atomic mass is 32.2. The number of rotatable bonds is 4. The van der Waals surface area contributed by atoms with Gasteiger partial charge in [0.25, 0.3) is 0 Å². The molecule has 0 aliphatic heterocycles. The van der Waals surface area contributed by atoms with Crippen molar-refractivity contribution in [3.8, 4) is 0 Å². The van der Waals surface area contributed by atoms with Crippen LogP contribution >= 0.6 is 0 Å². The summed E-state index contributed by atoms with van der Waals surface area (Å²) >= 11 is 0. The summed E-state index contributed by atoms with van der Waals surface area (Å²) < 4.78 is 12.0. The second-order valence-electron chi connectivity index (χ2n) is 4.17. The molecule has 92 valence electrons. The Morgan fingerprint density at radius 1 is 1.00 bits per heavy atom. The normalized spacial score (nSPS) is 12.7. The van der Waals surface area contributed by atoms with Gasteiger partial charge in [0.15, 0.2) is 0 Å². The van der Waals surface area contributed by atoms with E-state index in [2.05, 4.69) is 12.1 Å². The van der Waals surface area contributed by atoms with Crippen LogP contribution in [0.3, 0.4) is 0 Å². The molecule has 1 atom stereocenters. The molecule has 0 N–H and O–H groups in total. The van der Waals surface area contributed by atoms with Crippen LogP contribution < -0.4 is 0 Å². The van der Waals surface area contributed by atoms with Crippen molar-refractivity contribution in [1.82, 2.24) is 0 Å². The predicted molar refractivity (Wildman–Crippen MR) is 76.9 cm³/mol. The van der Waals surface area contributed by atoms with E-state index >= 15 is 0 Å². The largest absolute Gasteiger partial charge is 0.250 e. The number of aryl methyl sites for hydroxylation is 1. The summed E-state index contributed by atoms with van der Waals surface area (Å²) in [5.41, 5.74) is 2.42. The van der Waals surface area contributed by atoms with Gasteiger partial charge in [0, 0.05) is 10.3 Å². The van der Waals surface area contributed by atoms with Gasteiger partial charge in [0.05, 0.1) is 10.8 Å². The van der Waals surface area contributed by atoms with Gasteiger partial charge in [-0.25, -0.2) is 4.21 Å². The lowest BCUT2D eigenvalue weighted by atomic mass is 10.2. The van der Waals surface area contributed by atoms with Crippen molar-refractivity contribution in [2.24, 2.45) is 0 Å². The molecule has 0 fully saturated rings. The van der Waals surface area contributed by atoms with Crippen LogP contribution in [0.5, 0.6) is 0 Å². The molecule has 2 aromatic rings. The third-order valence-electron chi connectivity index (χ3n) is 2.67. The monoisotopic (exact) mass is 256 g/mol. The molecule has 0 saturated carbocycles. The maximum Gasteiger partial charge on any atom is 0.0772 e. The van der Waals surface area contributed by atoms with Gasteiger partial charge in [0.2, 0.25) is 0 Å². The fourth-order valence-electron chi connectivity index (χ4n) is 1.64. The molecule has 2 aromatic carbocycles. The van der Waals surface area contributed by atoms with E-state index in [0.29, 0.717) is 0 Å². The average Bonchev–Trinajstić information content (AvgIpc) is 2.40. The molecule has 0 aliphatic rings. The Hall–Kier alpha value is -1.67. The van der Waals surface area contributed by atoms with Gasteiger partial charge in [-0.3, -0.25) is 0 Å². The minimum Gasteiger partial charge on any atom is -0.250 e. The van der Waals surface area contributed by atoms with E-state index in [1.165, 1.54) is 11.1 Å². The van der Waals surface area contributed by atoms with Crippen LogP contribution in [0.1, 0.15) is 11.1 Å². The van der Waals surface area contributed by atoms with E-state index in [1.54, 1.807) is 5.41 Å². The lowest BCUT2D eigenvalue weighted by Crippen LogP contribution is -1.87. The van der Waals surface area contributed by atoms with Crippen molar-refractivity contribution in [3.63, 3.8) is 0 Å². The van der Waals surface area contributed by atoms with Crippen molar-refractivity contribution < 1.29 is 4.21 Å². The van der Waals surface area contributed by atoms with Gasteiger partial charge in [-0.2, -0.15) is 0 Å². The summed E-state index contributed by atoms with van der Waals surface area (Å²) in [6.07, 6.45) is 2.78. The van der Waals surface area contributed by atoms with E-state index in [-0.39, 0.29) is 0 Å². The van der Waals surface area contributed by atoms with E-state index < -0.39 is 10.8 Å². The summed E-state index contributed by atoms with van der Waals surface area (Å²) in [4.78, 5) is 0.852. The minimum atomic E-state index is -1.05. The fraction of sp³-hybridized carbons (Fsp3) is 0.125. The predicted octanol–water partition coefficient (Wildman–Crippen LogP) is 3.86. The first-order valence-corrected chi connectivity index (χ1v) is 7.15. The molecule has 1 unspecified atom stereocenters. The molecule has 18 heavy (non-hydrogen) atoms. The van der Waals surface area contributed by atoms with Gasteiger partial charge in [0.1, 0.15) is 0 Å². The molecule has 0 bridgehead atoms. The highest BCUT2D eigenvalue weighted by molar-refractivity contribution is 7.88. The summed E-state index contributed by atoms with van der Waals surface area (Å²) in [6.45, 7) is 2.03. The SMILES string of the molecule is Cc1ccc(S(=O)/C=C/Cc2ccccc2)cc1. The summed E-state index contributed by atoms with van der Waals surface area (Å²) in [6, 6.07) is 18.0. The van der Waals surface area contributed by atoms with Crippen molar-refractivity contribution >= 4 is 10.8 Å². The Bertz CT molecular complexity index is 541. The first-order chi connectivity index (χ1) is 8.75. The van der Waals surface area contributed by atoms with Crippen molar-refractivity contribution in [2.75, 3.05) is 0 Å². The summed E-state index contributed by atoms with van der Waals surface area (Å²) in [7, 11) is -1.05. The van der Waals surface area contributed by atoms with E-state index in [1.807, 2.05) is 55.5 Å². The molecule has 0 amide bonds. The topological polar surface area (TPSA) is 17.1 Å². The van der Waals surface area contributed by atoms with E-state index in [0.717, 1.165) is 11.3 Å². The van der Waals surface area contributed by atoms with Crippen LogP contribution in [0, 0.1) is 6.92 Å². The molecule has 0 saturated heterocycles. The Kier molecular flexibility index (Phi) is 4.48. The second kappa shape index (κ2) is 6.31. The highest BCUT2D eigenvalue weighted by Gasteiger charge is 1.98. The highest BCUT2D eigenvalue weighted by Crippen LogP contribution is 2.10. The molecular formula is C16H16OS. The Morgan fingerprint density at radius 3 is 2.33 bits per heavy atom. The van der Waals surface area contributed by atoms with Crippen LogP contribution in [0.2, 0.25) is 0 Å². The lowest BCUT2D eigenvalue weighted by Gasteiger charge is -1.98. The zero-order valence-corrected chi connectivity index (χ0v) is 11.2. The molecule has 0 aromatic heterocycles. The van der Waals surface area contributed by atoms with Crippen LogP contribution in [0.15, 0.2) is 71.0 Å². The molecule has 0 heterocycles. The molecule has 1 nitrogen and oxygen atoms in total. The van der Waals surface area contributed by atoms with Gasteiger partial charge < -0.3 is 0 Å². The van der Waals surface area contributed by atoms with Crippen molar-refractivity contribution in [2.45, 2.75) is 18.2 Å². The zero-order chi connectivity index (χ0) is 12.8. The maximum atomic E-state index is 12.0. The lowest BCUT2D eigenvalue weighted by molar-refractivity contribution is 0.688. The Labute approximate surface area is 111 Å². The van der Waals surface area contributed by atoms with E-state index in [4.69, 9.17) is 0 Å². The molecule has 2 rings (SSSR count). The van der Waals surface area contributed by atoms with Crippen LogP contribution in [0.4, 0.5) is 0 Å². The number of benzene rings is 2. The second-order valence-corrected chi connectivity index (χ2v) is 5.51. The molecular weight excluding hydrogens is 240 g/mol. The van der Waals surface area contributed by atoms with Gasteiger partial charge in [-0.15, -0.1) is 0 Å². The van der Waals surface area contributed by atoms with Crippen molar-refractivity contribution in [3.05, 3.63) is 77.2 Å². The number of hydrogen-bond donors (Lipinski definition) is 0. The molecule has 0 spiro atoms. The quantitative estimate of drug-likeness (QED) is 0.812. The van der Waals surface area contributed by atoms with Crippen LogP contribution in [-0.2, 0) is 17.2 Å². The first kappa shape index (κ1) is 12.8. The fourth-order valence-corrected chi connectivity index (χ4v) is 2.47.